The van der Waals surface area contributed by atoms with E-state index in [0.29, 0.717) is 11.3 Å². The maximum Gasteiger partial charge on any atom is 0.411 e. The van der Waals surface area contributed by atoms with Gasteiger partial charge in [0, 0.05) is 13.0 Å². The van der Waals surface area contributed by atoms with E-state index in [-0.39, 0.29) is 13.0 Å². The van der Waals surface area contributed by atoms with E-state index >= 15 is 0 Å². The van der Waals surface area contributed by atoms with Crippen molar-refractivity contribution in [3.8, 4) is 0 Å². The summed E-state index contributed by atoms with van der Waals surface area (Å²) in [5, 5.41) is 26.2. The second-order valence-electron chi connectivity index (χ2n) is 2.31. The van der Waals surface area contributed by atoms with Crippen molar-refractivity contribution < 1.29 is 20.1 Å². The lowest BCUT2D eigenvalue weighted by atomic mass is 10.3. The molecule has 0 saturated carbocycles. The van der Waals surface area contributed by atoms with Gasteiger partial charge in [-0.1, -0.05) is 0 Å². The predicted octanol–water partition coefficient (Wildman–Crippen LogP) is -0.601. The monoisotopic (exact) mass is 147 g/mol. The molecule has 0 aromatic carbocycles. The van der Waals surface area contributed by atoms with Crippen LogP contribution in [0.2, 0.25) is 0 Å². The van der Waals surface area contributed by atoms with Gasteiger partial charge in [-0.3, -0.25) is 4.90 Å². The summed E-state index contributed by atoms with van der Waals surface area (Å²) in [6.45, 7) is 0.197. The fourth-order valence-corrected chi connectivity index (χ4v) is 1.04. The number of nitrogens with zero attached hydrogens (tertiary/aromatic N) is 1. The van der Waals surface area contributed by atoms with Crippen molar-refractivity contribution in [3.05, 3.63) is 0 Å². The van der Waals surface area contributed by atoms with Gasteiger partial charge in [-0.05, 0) is 6.42 Å². The molecule has 5 nitrogen and oxygen atoms in total. The second-order valence-corrected chi connectivity index (χ2v) is 2.31. The first kappa shape index (κ1) is 7.30. The van der Waals surface area contributed by atoms with Crippen LogP contribution in [0.5, 0.6) is 0 Å². The number of likely N-dealkylation sites (tertiary alicyclic amines) is 1. The zero-order chi connectivity index (χ0) is 7.78. The van der Waals surface area contributed by atoms with Crippen LogP contribution in [0.1, 0.15) is 12.8 Å². The highest BCUT2D eigenvalue weighted by Gasteiger charge is 2.40. The van der Waals surface area contributed by atoms with Crippen molar-refractivity contribution in [2.75, 3.05) is 6.54 Å². The maximum atomic E-state index is 10.2. The second kappa shape index (κ2) is 2.10. The SMILES string of the molecule is O=C(O)N1CCCC1(O)O. The van der Waals surface area contributed by atoms with Crippen LogP contribution in [0, 0.1) is 0 Å². The fraction of sp³-hybridized carbons (Fsp3) is 0.800. The molecule has 0 unspecified atom stereocenters. The summed E-state index contributed by atoms with van der Waals surface area (Å²) in [5.41, 5.74) is 0. The van der Waals surface area contributed by atoms with Crippen molar-refractivity contribution in [3.63, 3.8) is 0 Å². The summed E-state index contributed by atoms with van der Waals surface area (Å²) in [5.74, 6) is -2.13. The third-order valence-corrected chi connectivity index (χ3v) is 1.56. The molecule has 58 valence electrons. The number of aliphatic hydroxyl groups is 2. The Morgan fingerprint density at radius 3 is 2.30 bits per heavy atom. The standard InChI is InChI=1S/C5H9NO4/c7-4(8)6-3-1-2-5(6,9)10/h9-10H,1-3H2,(H,7,8). The molecule has 1 rings (SSSR count). The minimum Gasteiger partial charge on any atom is -0.465 e. The summed E-state index contributed by atoms with van der Waals surface area (Å²) in [4.78, 5) is 10.8. The van der Waals surface area contributed by atoms with Crippen LogP contribution in [-0.4, -0.2) is 38.8 Å². The molecule has 0 aromatic rings. The molecule has 0 aliphatic carbocycles. The van der Waals surface area contributed by atoms with Crippen LogP contribution in [0.4, 0.5) is 4.79 Å². The lowest BCUT2D eigenvalue weighted by molar-refractivity contribution is -0.229. The molecule has 1 aliphatic heterocycles. The Bertz CT molecular complexity index is 156. The molecule has 0 radical (unpaired) electrons. The number of hydrogen-bond donors (Lipinski definition) is 3. The topological polar surface area (TPSA) is 81.0 Å². The molecular formula is C5H9NO4. The molecule has 5 heteroatoms. The van der Waals surface area contributed by atoms with Gasteiger partial charge in [-0.15, -0.1) is 0 Å². The maximum absolute atomic E-state index is 10.2. The van der Waals surface area contributed by atoms with Crippen LogP contribution >= 0.6 is 0 Å². The molecule has 0 aromatic heterocycles. The van der Waals surface area contributed by atoms with Gasteiger partial charge in [0.1, 0.15) is 0 Å². The lowest BCUT2D eigenvalue weighted by Gasteiger charge is -2.24. The predicted molar refractivity (Wildman–Crippen MR) is 31.1 cm³/mol. The lowest BCUT2D eigenvalue weighted by Crippen LogP contribution is -2.46. The average Bonchev–Trinajstić information content (AvgIpc) is 2.08. The van der Waals surface area contributed by atoms with E-state index in [1.165, 1.54) is 0 Å². The highest BCUT2D eigenvalue weighted by molar-refractivity contribution is 5.65. The van der Waals surface area contributed by atoms with E-state index in [9.17, 15) is 4.79 Å². The van der Waals surface area contributed by atoms with Gasteiger partial charge in [0.05, 0.1) is 0 Å². The quantitative estimate of drug-likeness (QED) is 0.399. The van der Waals surface area contributed by atoms with Gasteiger partial charge >= 0.3 is 6.09 Å². The first-order valence-electron chi connectivity index (χ1n) is 2.99. The van der Waals surface area contributed by atoms with Gasteiger partial charge in [0.2, 0.25) is 0 Å². The van der Waals surface area contributed by atoms with E-state index in [1.807, 2.05) is 0 Å². The number of carbonyl (C=O) groups is 1. The van der Waals surface area contributed by atoms with Gasteiger partial charge in [0.25, 0.3) is 5.91 Å². The molecule has 0 bridgehead atoms. The van der Waals surface area contributed by atoms with E-state index in [1.54, 1.807) is 0 Å². The molecule has 1 heterocycles. The molecule has 0 atom stereocenters. The number of hydrogen-bond acceptors (Lipinski definition) is 3. The molecule has 1 amide bonds. The zero-order valence-corrected chi connectivity index (χ0v) is 5.32. The minimum absolute atomic E-state index is 0.0965. The zero-order valence-electron chi connectivity index (χ0n) is 5.32. The highest BCUT2D eigenvalue weighted by atomic mass is 16.5. The van der Waals surface area contributed by atoms with Crippen molar-refractivity contribution in [2.45, 2.75) is 18.8 Å². The highest BCUT2D eigenvalue weighted by Crippen LogP contribution is 2.23. The molecule has 10 heavy (non-hydrogen) atoms. The number of carboxylic acid groups (broad SMARTS) is 1. The molecule has 1 fully saturated rings. The molecular weight excluding hydrogens is 138 g/mol. The first-order chi connectivity index (χ1) is 4.54. The Labute approximate surface area is 57.5 Å². The van der Waals surface area contributed by atoms with Crippen molar-refractivity contribution in [1.29, 1.82) is 0 Å². The van der Waals surface area contributed by atoms with Crippen LogP contribution in [0.15, 0.2) is 0 Å². The Kier molecular flexibility index (Phi) is 1.53. The van der Waals surface area contributed by atoms with Gasteiger partial charge in [-0.2, -0.15) is 0 Å². The van der Waals surface area contributed by atoms with Gasteiger partial charge in [0.15, 0.2) is 0 Å². The third-order valence-electron chi connectivity index (χ3n) is 1.56. The summed E-state index contributed by atoms with van der Waals surface area (Å²) in [6.07, 6.45) is -0.694. The summed E-state index contributed by atoms with van der Waals surface area (Å²) < 4.78 is 0. The van der Waals surface area contributed by atoms with E-state index < -0.39 is 12.0 Å². The number of rotatable bonds is 0. The molecule has 0 spiro atoms. The molecule has 1 saturated heterocycles. The van der Waals surface area contributed by atoms with E-state index in [2.05, 4.69) is 0 Å². The van der Waals surface area contributed by atoms with Crippen LogP contribution in [0.3, 0.4) is 0 Å². The van der Waals surface area contributed by atoms with Crippen LogP contribution in [-0.2, 0) is 0 Å². The van der Waals surface area contributed by atoms with E-state index in [4.69, 9.17) is 15.3 Å². The van der Waals surface area contributed by atoms with Gasteiger partial charge in [-0.25, -0.2) is 4.79 Å². The smallest absolute Gasteiger partial charge is 0.411 e. The third kappa shape index (κ3) is 1.05. The number of amides is 1. The average molecular weight is 147 g/mol. The van der Waals surface area contributed by atoms with Crippen molar-refractivity contribution >= 4 is 6.09 Å². The van der Waals surface area contributed by atoms with Crippen LogP contribution < -0.4 is 0 Å². The normalized spacial score (nSPS) is 23.2. The Morgan fingerprint density at radius 1 is 1.50 bits per heavy atom. The minimum atomic E-state index is -2.13. The summed E-state index contributed by atoms with van der Waals surface area (Å²) in [6, 6.07) is 0. The molecule has 1 aliphatic rings. The van der Waals surface area contributed by atoms with Crippen molar-refractivity contribution in [2.24, 2.45) is 0 Å². The summed E-state index contributed by atoms with van der Waals surface area (Å²) >= 11 is 0. The Balaban J connectivity index is 2.68. The largest absolute Gasteiger partial charge is 0.465 e. The Hall–Kier alpha value is -0.810. The molecule has 3 N–H and O–H groups in total. The first-order valence-corrected chi connectivity index (χ1v) is 2.99. The fourth-order valence-electron chi connectivity index (χ4n) is 1.04. The Morgan fingerprint density at radius 2 is 2.10 bits per heavy atom. The van der Waals surface area contributed by atoms with Gasteiger partial charge < -0.3 is 15.3 Å². The summed E-state index contributed by atoms with van der Waals surface area (Å²) in [7, 11) is 0. The van der Waals surface area contributed by atoms with Crippen LogP contribution in [0.25, 0.3) is 0 Å². The van der Waals surface area contributed by atoms with Crippen molar-refractivity contribution in [1.82, 2.24) is 4.90 Å². The van der Waals surface area contributed by atoms with E-state index in [0.717, 1.165) is 0 Å².